The summed E-state index contributed by atoms with van der Waals surface area (Å²) in [6, 6.07) is 0.314. The summed E-state index contributed by atoms with van der Waals surface area (Å²) in [5.74, 6) is 2.82. The minimum absolute atomic E-state index is 0. The van der Waals surface area contributed by atoms with E-state index in [0.29, 0.717) is 12.5 Å². The molecule has 0 aromatic carbocycles. The Morgan fingerprint density at radius 2 is 1.82 bits per heavy atom. The van der Waals surface area contributed by atoms with Crippen molar-refractivity contribution in [1.29, 1.82) is 0 Å². The molecule has 0 radical (unpaired) electrons. The van der Waals surface area contributed by atoms with E-state index < -0.39 is 0 Å². The van der Waals surface area contributed by atoms with Crippen molar-refractivity contribution in [2.45, 2.75) is 65.8 Å². The molecule has 2 saturated heterocycles. The first kappa shape index (κ1) is 25.5. The average molecular weight is 508 g/mol. The van der Waals surface area contributed by atoms with E-state index in [0.717, 1.165) is 56.8 Å². The predicted molar refractivity (Wildman–Crippen MR) is 128 cm³/mol. The molecule has 1 amide bonds. The summed E-state index contributed by atoms with van der Waals surface area (Å²) in [5, 5.41) is 6.86. The molecule has 3 atom stereocenters. The van der Waals surface area contributed by atoms with Crippen LogP contribution in [0.25, 0.3) is 0 Å². The molecular weight excluding hydrogens is 465 g/mol. The molecule has 2 aliphatic rings. The van der Waals surface area contributed by atoms with Crippen molar-refractivity contribution in [3.8, 4) is 0 Å². The van der Waals surface area contributed by atoms with Gasteiger partial charge < -0.3 is 20.4 Å². The molecular formula is C21H42IN5O. The van der Waals surface area contributed by atoms with Crippen LogP contribution in [0.3, 0.4) is 0 Å². The smallest absolute Gasteiger partial charge is 0.222 e. The van der Waals surface area contributed by atoms with Crippen LogP contribution in [0.2, 0.25) is 0 Å². The Morgan fingerprint density at radius 3 is 2.46 bits per heavy atom. The third kappa shape index (κ3) is 8.84. The minimum Gasteiger partial charge on any atom is -0.357 e. The lowest BCUT2D eigenvalue weighted by Crippen LogP contribution is -2.45. The predicted octanol–water partition coefficient (Wildman–Crippen LogP) is 2.93. The van der Waals surface area contributed by atoms with Crippen LogP contribution in [0.15, 0.2) is 4.99 Å². The van der Waals surface area contributed by atoms with Crippen LogP contribution in [0, 0.1) is 11.8 Å². The second kappa shape index (κ2) is 13.6. The molecule has 0 aliphatic carbocycles. The average Bonchev–Trinajstić information content (AvgIpc) is 3.08. The number of likely N-dealkylation sites (tertiary alicyclic amines) is 2. The molecule has 2 heterocycles. The van der Waals surface area contributed by atoms with E-state index in [1.165, 1.54) is 32.5 Å². The number of halogens is 1. The normalized spacial score (nSPS) is 26.1. The highest BCUT2D eigenvalue weighted by molar-refractivity contribution is 14.0. The van der Waals surface area contributed by atoms with Crippen molar-refractivity contribution in [2.75, 3.05) is 45.8 Å². The number of nitrogens with zero attached hydrogens (tertiary/aromatic N) is 3. The SMILES string of the molecule is CCNC(=NCCCCN1CC(C)CC(C)C1)NC1CCN(C(=O)CC)C1.I. The molecule has 0 aromatic heterocycles. The molecule has 6 nitrogen and oxygen atoms in total. The summed E-state index contributed by atoms with van der Waals surface area (Å²) in [6.07, 6.45) is 5.31. The van der Waals surface area contributed by atoms with Gasteiger partial charge in [0.05, 0.1) is 0 Å². The van der Waals surface area contributed by atoms with Gasteiger partial charge in [-0.3, -0.25) is 9.79 Å². The molecule has 2 aliphatic heterocycles. The lowest BCUT2D eigenvalue weighted by atomic mass is 9.92. The Bertz CT molecular complexity index is 477. The first-order chi connectivity index (χ1) is 13.0. The van der Waals surface area contributed by atoms with Gasteiger partial charge in [-0.05, 0) is 51.0 Å². The van der Waals surface area contributed by atoms with Crippen molar-refractivity contribution in [3.63, 3.8) is 0 Å². The van der Waals surface area contributed by atoms with Gasteiger partial charge in [0.2, 0.25) is 5.91 Å². The number of nitrogens with one attached hydrogen (secondary N) is 2. The largest absolute Gasteiger partial charge is 0.357 e. The standard InChI is InChI=1S/C21H41N5O.HI/c1-5-20(27)26-12-9-19(16-26)24-21(22-6-2)23-10-7-8-11-25-14-17(3)13-18(4)15-25;/h17-19H,5-16H2,1-4H3,(H2,22,23,24);1H. The van der Waals surface area contributed by atoms with Crippen LogP contribution in [0.4, 0.5) is 0 Å². The first-order valence-electron chi connectivity index (χ1n) is 11.1. The maximum atomic E-state index is 11.8. The number of unbranched alkanes of at least 4 members (excludes halogenated alkanes) is 1. The fourth-order valence-corrected chi connectivity index (χ4v) is 4.45. The second-order valence-corrected chi connectivity index (χ2v) is 8.50. The summed E-state index contributed by atoms with van der Waals surface area (Å²) in [6.45, 7) is 15.9. The van der Waals surface area contributed by atoms with Crippen molar-refractivity contribution in [1.82, 2.24) is 20.4 Å². The number of hydrogen-bond acceptors (Lipinski definition) is 3. The lowest BCUT2D eigenvalue weighted by Gasteiger charge is -2.34. The zero-order valence-corrected chi connectivity index (χ0v) is 20.7. The fourth-order valence-electron chi connectivity index (χ4n) is 4.45. The maximum absolute atomic E-state index is 11.8. The van der Waals surface area contributed by atoms with Gasteiger partial charge in [-0.25, -0.2) is 0 Å². The third-order valence-corrected chi connectivity index (χ3v) is 5.63. The van der Waals surface area contributed by atoms with Gasteiger partial charge in [-0.2, -0.15) is 0 Å². The molecule has 2 rings (SSSR count). The van der Waals surface area contributed by atoms with E-state index in [1.54, 1.807) is 0 Å². The van der Waals surface area contributed by atoms with Gasteiger partial charge in [-0.15, -0.1) is 24.0 Å². The van der Waals surface area contributed by atoms with E-state index in [2.05, 4.69) is 36.3 Å². The zero-order chi connectivity index (χ0) is 19.6. The molecule has 7 heteroatoms. The number of guanidine groups is 1. The Balaban J connectivity index is 0.00000392. The molecule has 0 saturated carbocycles. The summed E-state index contributed by atoms with van der Waals surface area (Å²) >= 11 is 0. The molecule has 164 valence electrons. The number of piperidine rings is 1. The van der Waals surface area contributed by atoms with Gasteiger partial charge in [-0.1, -0.05) is 20.8 Å². The fraction of sp³-hybridized carbons (Fsp3) is 0.905. The third-order valence-electron chi connectivity index (χ3n) is 5.63. The van der Waals surface area contributed by atoms with Gasteiger partial charge in [0.1, 0.15) is 0 Å². The highest BCUT2D eigenvalue weighted by Gasteiger charge is 2.25. The van der Waals surface area contributed by atoms with E-state index in [-0.39, 0.29) is 29.9 Å². The lowest BCUT2D eigenvalue weighted by molar-refractivity contribution is -0.129. The summed E-state index contributed by atoms with van der Waals surface area (Å²) in [7, 11) is 0. The number of carbonyl (C=O) groups excluding carboxylic acids is 1. The Morgan fingerprint density at radius 1 is 1.11 bits per heavy atom. The van der Waals surface area contributed by atoms with Crippen LogP contribution in [-0.2, 0) is 4.79 Å². The Labute approximate surface area is 189 Å². The van der Waals surface area contributed by atoms with Crippen molar-refractivity contribution in [3.05, 3.63) is 0 Å². The van der Waals surface area contributed by atoms with E-state index >= 15 is 0 Å². The van der Waals surface area contributed by atoms with Crippen molar-refractivity contribution in [2.24, 2.45) is 16.8 Å². The Hall–Kier alpha value is -0.570. The minimum atomic E-state index is 0. The molecule has 28 heavy (non-hydrogen) atoms. The summed E-state index contributed by atoms with van der Waals surface area (Å²) < 4.78 is 0. The topological polar surface area (TPSA) is 60.0 Å². The van der Waals surface area contributed by atoms with Crippen LogP contribution >= 0.6 is 24.0 Å². The van der Waals surface area contributed by atoms with E-state index in [9.17, 15) is 4.79 Å². The van der Waals surface area contributed by atoms with Crippen LogP contribution < -0.4 is 10.6 Å². The van der Waals surface area contributed by atoms with Crippen molar-refractivity contribution >= 4 is 35.8 Å². The Kier molecular flexibility index (Phi) is 12.4. The molecule has 0 aromatic rings. The van der Waals surface area contributed by atoms with Gasteiger partial charge in [0.15, 0.2) is 5.96 Å². The monoisotopic (exact) mass is 507 g/mol. The number of aliphatic imine (C=N–C) groups is 1. The van der Waals surface area contributed by atoms with E-state index in [4.69, 9.17) is 4.99 Å². The van der Waals surface area contributed by atoms with Crippen LogP contribution in [0.5, 0.6) is 0 Å². The molecule has 2 fully saturated rings. The summed E-state index contributed by atoms with van der Waals surface area (Å²) in [5.41, 5.74) is 0. The van der Waals surface area contributed by atoms with Gasteiger partial charge >= 0.3 is 0 Å². The zero-order valence-electron chi connectivity index (χ0n) is 18.4. The van der Waals surface area contributed by atoms with Crippen LogP contribution in [-0.4, -0.2) is 73.5 Å². The number of amides is 1. The van der Waals surface area contributed by atoms with Crippen molar-refractivity contribution < 1.29 is 4.79 Å². The van der Waals surface area contributed by atoms with Gasteiger partial charge in [0.25, 0.3) is 0 Å². The highest BCUT2D eigenvalue weighted by atomic mass is 127. The number of rotatable bonds is 8. The molecule has 0 spiro atoms. The van der Waals surface area contributed by atoms with E-state index in [1.807, 2.05) is 11.8 Å². The van der Waals surface area contributed by atoms with Crippen LogP contribution in [0.1, 0.15) is 59.8 Å². The maximum Gasteiger partial charge on any atom is 0.222 e. The second-order valence-electron chi connectivity index (χ2n) is 8.50. The molecule has 2 N–H and O–H groups in total. The first-order valence-corrected chi connectivity index (χ1v) is 11.1. The highest BCUT2D eigenvalue weighted by Crippen LogP contribution is 2.21. The number of carbonyl (C=O) groups is 1. The summed E-state index contributed by atoms with van der Waals surface area (Å²) in [4.78, 5) is 21.2. The quantitative estimate of drug-likeness (QED) is 0.230. The molecule has 3 unspecified atom stereocenters. The molecule has 0 bridgehead atoms. The number of hydrogen-bond donors (Lipinski definition) is 2. The van der Waals surface area contributed by atoms with Gasteiger partial charge in [0, 0.05) is 51.7 Å².